The van der Waals surface area contributed by atoms with Gasteiger partial charge in [0.2, 0.25) is 0 Å². The number of ether oxygens (including phenoxy) is 1. The van der Waals surface area contributed by atoms with Crippen molar-refractivity contribution in [3.8, 4) is 5.82 Å². The van der Waals surface area contributed by atoms with Gasteiger partial charge in [-0.2, -0.15) is 0 Å². The first kappa shape index (κ1) is 18.2. The molecule has 1 aromatic carbocycles. The van der Waals surface area contributed by atoms with Crippen molar-refractivity contribution in [2.75, 3.05) is 38.6 Å². The van der Waals surface area contributed by atoms with E-state index in [1.807, 2.05) is 43.3 Å². The van der Waals surface area contributed by atoms with E-state index >= 15 is 0 Å². The summed E-state index contributed by atoms with van der Waals surface area (Å²) in [5.74, 6) is 1.47. The van der Waals surface area contributed by atoms with Crippen molar-refractivity contribution in [3.63, 3.8) is 0 Å². The normalized spacial score (nSPS) is 15.3. The molecular weight excluding hydrogens is 360 g/mol. The van der Waals surface area contributed by atoms with E-state index in [2.05, 4.69) is 9.88 Å². The van der Waals surface area contributed by atoms with Gasteiger partial charge in [-0.05, 0) is 30.7 Å². The molecule has 0 aliphatic carbocycles. The largest absolute Gasteiger partial charge is 0.379 e. The molecule has 27 heavy (non-hydrogen) atoms. The average molecular weight is 382 g/mol. The van der Waals surface area contributed by atoms with E-state index < -0.39 is 0 Å². The number of nitrogens with zero attached hydrogens (tertiary/aromatic N) is 4. The first-order valence-electron chi connectivity index (χ1n) is 9.10. The van der Waals surface area contributed by atoms with E-state index in [0.29, 0.717) is 16.4 Å². The molecule has 0 amide bonds. The molecule has 0 N–H and O–H groups in total. The molecule has 1 aliphatic rings. The van der Waals surface area contributed by atoms with Crippen LogP contribution in [0.25, 0.3) is 16.7 Å². The molecule has 6 nitrogen and oxygen atoms in total. The molecule has 0 atom stereocenters. The van der Waals surface area contributed by atoms with Gasteiger partial charge in [0.05, 0.1) is 24.1 Å². The number of thioether (sulfide) groups is 1. The van der Waals surface area contributed by atoms with Crippen molar-refractivity contribution >= 4 is 22.7 Å². The Morgan fingerprint density at radius 1 is 1.15 bits per heavy atom. The van der Waals surface area contributed by atoms with Crippen molar-refractivity contribution in [2.24, 2.45) is 0 Å². The number of hydrogen-bond donors (Lipinski definition) is 0. The van der Waals surface area contributed by atoms with E-state index in [1.165, 1.54) is 0 Å². The average Bonchev–Trinajstić information content (AvgIpc) is 2.70. The van der Waals surface area contributed by atoms with Gasteiger partial charge < -0.3 is 4.74 Å². The Kier molecular flexibility index (Phi) is 5.52. The minimum Gasteiger partial charge on any atom is -0.379 e. The second-order valence-corrected chi connectivity index (χ2v) is 7.61. The van der Waals surface area contributed by atoms with Gasteiger partial charge >= 0.3 is 0 Å². The lowest BCUT2D eigenvalue weighted by Gasteiger charge is -2.26. The fourth-order valence-corrected chi connectivity index (χ4v) is 4.09. The van der Waals surface area contributed by atoms with Crippen LogP contribution in [0, 0.1) is 6.92 Å². The highest BCUT2D eigenvalue weighted by Gasteiger charge is 2.15. The quantitative estimate of drug-likeness (QED) is 0.499. The van der Waals surface area contributed by atoms with Crippen LogP contribution in [0.5, 0.6) is 0 Å². The lowest BCUT2D eigenvalue weighted by Crippen LogP contribution is -2.37. The van der Waals surface area contributed by atoms with Crippen LogP contribution in [0.1, 0.15) is 5.56 Å². The zero-order valence-corrected chi connectivity index (χ0v) is 16.1. The van der Waals surface area contributed by atoms with Crippen molar-refractivity contribution in [1.82, 2.24) is 19.4 Å². The van der Waals surface area contributed by atoms with Crippen molar-refractivity contribution in [2.45, 2.75) is 12.1 Å². The molecule has 4 rings (SSSR count). The molecule has 2 aromatic heterocycles. The Morgan fingerprint density at radius 3 is 2.74 bits per heavy atom. The standard InChI is InChI=1S/C20H22N4O2S/c1-15-6-7-18(21-14-15)24-19(25)16-4-2-3-5-17(16)22-20(24)27-13-10-23-8-11-26-12-9-23/h2-7,14H,8-13H2,1H3. The number of para-hydroxylation sites is 1. The molecule has 0 saturated carbocycles. The maximum Gasteiger partial charge on any atom is 0.267 e. The molecule has 3 heterocycles. The Bertz CT molecular complexity index is 981. The predicted octanol–water partition coefficient (Wildman–Crippen LogP) is 2.51. The Labute approximate surface area is 162 Å². The molecule has 0 unspecified atom stereocenters. The summed E-state index contributed by atoms with van der Waals surface area (Å²) in [6.45, 7) is 6.41. The summed E-state index contributed by atoms with van der Waals surface area (Å²) in [5, 5.41) is 1.29. The molecule has 1 saturated heterocycles. The number of morpholine rings is 1. The lowest BCUT2D eigenvalue weighted by molar-refractivity contribution is 0.0410. The van der Waals surface area contributed by atoms with Crippen LogP contribution in [-0.2, 0) is 4.74 Å². The molecule has 0 bridgehead atoms. The third kappa shape index (κ3) is 4.05. The Morgan fingerprint density at radius 2 is 1.96 bits per heavy atom. The molecule has 0 spiro atoms. The highest BCUT2D eigenvalue weighted by molar-refractivity contribution is 7.99. The molecule has 3 aromatic rings. The molecule has 140 valence electrons. The fourth-order valence-electron chi connectivity index (χ4n) is 3.09. The number of aryl methyl sites for hydroxylation is 1. The lowest BCUT2D eigenvalue weighted by atomic mass is 10.2. The predicted molar refractivity (Wildman–Crippen MR) is 108 cm³/mol. The van der Waals surface area contributed by atoms with Crippen LogP contribution in [-0.4, -0.2) is 58.0 Å². The van der Waals surface area contributed by atoms with Crippen LogP contribution >= 0.6 is 11.8 Å². The number of benzene rings is 1. The highest BCUT2D eigenvalue weighted by atomic mass is 32.2. The highest BCUT2D eigenvalue weighted by Crippen LogP contribution is 2.21. The fraction of sp³-hybridized carbons (Fsp3) is 0.350. The van der Waals surface area contributed by atoms with Gasteiger partial charge in [0, 0.05) is 31.6 Å². The number of pyridine rings is 1. The summed E-state index contributed by atoms with van der Waals surface area (Å²) in [7, 11) is 0. The number of rotatable bonds is 5. The van der Waals surface area contributed by atoms with Crippen LogP contribution in [0.15, 0.2) is 52.5 Å². The zero-order chi connectivity index (χ0) is 18.6. The van der Waals surface area contributed by atoms with Crippen LogP contribution < -0.4 is 5.56 Å². The smallest absolute Gasteiger partial charge is 0.267 e. The summed E-state index contributed by atoms with van der Waals surface area (Å²) in [6, 6.07) is 11.3. The molecule has 1 fully saturated rings. The molecule has 7 heteroatoms. The molecule has 0 radical (unpaired) electrons. The summed E-state index contributed by atoms with van der Waals surface area (Å²) < 4.78 is 7.03. The van der Waals surface area contributed by atoms with Gasteiger partial charge in [0.1, 0.15) is 5.82 Å². The minimum absolute atomic E-state index is 0.0779. The van der Waals surface area contributed by atoms with E-state index in [9.17, 15) is 4.79 Å². The first-order valence-corrected chi connectivity index (χ1v) is 10.1. The third-order valence-corrected chi connectivity index (χ3v) is 5.53. The minimum atomic E-state index is -0.0779. The van der Waals surface area contributed by atoms with E-state index in [1.54, 1.807) is 22.5 Å². The molecular formula is C20H22N4O2S. The second kappa shape index (κ2) is 8.21. The van der Waals surface area contributed by atoms with Gasteiger partial charge in [-0.1, -0.05) is 30.0 Å². The third-order valence-electron chi connectivity index (χ3n) is 4.61. The molecule has 1 aliphatic heterocycles. The van der Waals surface area contributed by atoms with Gasteiger partial charge in [-0.25, -0.2) is 14.5 Å². The topological polar surface area (TPSA) is 60.2 Å². The van der Waals surface area contributed by atoms with E-state index in [4.69, 9.17) is 9.72 Å². The maximum atomic E-state index is 13.1. The zero-order valence-electron chi connectivity index (χ0n) is 15.3. The van der Waals surface area contributed by atoms with Crippen molar-refractivity contribution in [3.05, 3.63) is 58.5 Å². The van der Waals surface area contributed by atoms with E-state index in [0.717, 1.165) is 49.7 Å². The van der Waals surface area contributed by atoms with Gasteiger partial charge in [-0.3, -0.25) is 9.69 Å². The van der Waals surface area contributed by atoms with Gasteiger partial charge in [0.25, 0.3) is 5.56 Å². The summed E-state index contributed by atoms with van der Waals surface area (Å²) in [6.07, 6.45) is 1.78. The number of aromatic nitrogens is 3. The van der Waals surface area contributed by atoms with E-state index in [-0.39, 0.29) is 5.56 Å². The first-order chi connectivity index (χ1) is 13.2. The summed E-state index contributed by atoms with van der Waals surface area (Å²) >= 11 is 1.60. The van der Waals surface area contributed by atoms with Crippen LogP contribution in [0.4, 0.5) is 0 Å². The monoisotopic (exact) mass is 382 g/mol. The summed E-state index contributed by atoms with van der Waals surface area (Å²) in [4.78, 5) is 24.7. The van der Waals surface area contributed by atoms with Crippen molar-refractivity contribution < 1.29 is 4.74 Å². The van der Waals surface area contributed by atoms with Crippen LogP contribution in [0.3, 0.4) is 0 Å². The second-order valence-electron chi connectivity index (χ2n) is 6.55. The Balaban J connectivity index is 1.67. The van der Waals surface area contributed by atoms with Crippen LogP contribution in [0.2, 0.25) is 0 Å². The van der Waals surface area contributed by atoms with Gasteiger partial charge in [-0.15, -0.1) is 0 Å². The van der Waals surface area contributed by atoms with Gasteiger partial charge in [0.15, 0.2) is 5.16 Å². The maximum absolute atomic E-state index is 13.1. The Hall–Kier alpha value is -2.22. The number of fused-ring (bicyclic) bond motifs is 1. The summed E-state index contributed by atoms with van der Waals surface area (Å²) in [5.41, 5.74) is 1.70. The van der Waals surface area contributed by atoms with Crippen molar-refractivity contribution in [1.29, 1.82) is 0 Å². The SMILES string of the molecule is Cc1ccc(-n2c(SCCN3CCOCC3)nc3ccccc3c2=O)nc1. The number of hydrogen-bond acceptors (Lipinski definition) is 6.